The van der Waals surface area contributed by atoms with Crippen molar-refractivity contribution in [2.75, 3.05) is 13.1 Å². The minimum absolute atomic E-state index is 0.114. The van der Waals surface area contributed by atoms with Gasteiger partial charge in [0.25, 0.3) is 11.6 Å². The van der Waals surface area contributed by atoms with Crippen molar-refractivity contribution >= 4 is 22.9 Å². The number of hydrazine groups is 1. The monoisotopic (exact) mass is 447 g/mol. The molecule has 0 saturated heterocycles. The maximum atomic E-state index is 13.0. The van der Waals surface area contributed by atoms with E-state index >= 15 is 0 Å². The average Bonchev–Trinajstić information content (AvgIpc) is 3.47. The smallest absolute Gasteiger partial charge is 0.305 e. The van der Waals surface area contributed by atoms with Crippen LogP contribution in [0.25, 0.3) is 22.4 Å². The lowest BCUT2D eigenvalue weighted by atomic mass is 10.1. The van der Waals surface area contributed by atoms with Gasteiger partial charge in [0.05, 0.1) is 28.9 Å². The van der Waals surface area contributed by atoms with Crippen molar-refractivity contribution in [3.8, 4) is 11.3 Å². The first-order valence-electron chi connectivity index (χ1n) is 10.7. The molecule has 4 aromatic rings. The van der Waals surface area contributed by atoms with Crippen LogP contribution in [0.15, 0.2) is 57.5 Å². The van der Waals surface area contributed by atoms with E-state index in [4.69, 9.17) is 8.94 Å². The number of aromatic nitrogens is 2. The highest BCUT2D eigenvalue weighted by Gasteiger charge is 2.20. The summed E-state index contributed by atoms with van der Waals surface area (Å²) in [5, 5.41) is 4.42. The van der Waals surface area contributed by atoms with Crippen LogP contribution < -0.4 is 10.9 Å². The third-order valence-corrected chi connectivity index (χ3v) is 5.38. The van der Waals surface area contributed by atoms with E-state index in [2.05, 4.69) is 39.7 Å². The Kier molecular flexibility index (Phi) is 6.50. The van der Waals surface area contributed by atoms with Crippen LogP contribution >= 0.6 is 0 Å². The van der Waals surface area contributed by atoms with E-state index in [-0.39, 0.29) is 11.5 Å². The van der Waals surface area contributed by atoms with Crippen molar-refractivity contribution in [1.29, 1.82) is 0 Å². The molecular weight excluding hydrogens is 422 g/mol. The van der Waals surface area contributed by atoms with E-state index in [1.807, 2.05) is 30.3 Å². The van der Waals surface area contributed by atoms with Crippen LogP contribution in [0.5, 0.6) is 0 Å². The Hall–Kier alpha value is -3.98. The molecule has 0 aliphatic heterocycles. The van der Waals surface area contributed by atoms with Crippen molar-refractivity contribution in [3.63, 3.8) is 0 Å². The summed E-state index contributed by atoms with van der Waals surface area (Å²) in [4.78, 5) is 32.2. The predicted molar refractivity (Wildman–Crippen MR) is 122 cm³/mol. The van der Waals surface area contributed by atoms with Gasteiger partial charge in [-0.15, -0.1) is 0 Å². The number of furan rings is 1. The Morgan fingerprint density at radius 3 is 2.45 bits per heavy atom. The number of carbonyl (C=O) groups is 2. The fourth-order valence-electron chi connectivity index (χ4n) is 3.53. The third kappa shape index (κ3) is 4.78. The van der Waals surface area contributed by atoms with Crippen LogP contribution in [0.3, 0.4) is 0 Å². The van der Waals surface area contributed by atoms with Crippen LogP contribution in [0.4, 0.5) is 0 Å². The molecule has 33 heavy (non-hydrogen) atoms. The zero-order valence-corrected chi connectivity index (χ0v) is 18.7. The lowest BCUT2D eigenvalue weighted by Crippen LogP contribution is -2.41. The van der Waals surface area contributed by atoms with Gasteiger partial charge in [0, 0.05) is 5.56 Å². The molecule has 0 saturated carbocycles. The molecule has 2 N–H and O–H groups in total. The lowest BCUT2D eigenvalue weighted by molar-refractivity contribution is 0.0829. The summed E-state index contributed by atoms with van der Waals surface area (Å²) in [5.74, 6) is -0.277. The van der Waals surface area contributed by atoms with Crippen LogP contribution in [0.2, 0.25) is 0 Å². The molecule has 0 aliphatic carbocycles. The van der Waals surface area contributed by atoms with Gasteiger partial charge in [0.15, 0.2) is 5.76 Å². The Bertz CT molecular complexity index is 1270. The number of fused-ring (bicyclic) bond motifs is 1. The number of aryl methyl sites for hydroxylation is 1. The number of carbonyl (C=O) groups excluding carboxylic acids is 2. The van der Waals surface area contributed by atoms with Crippen LogP contribution in [0, 0.1) is 6.92 Å². The number of benzene rings is 1. The van der Waals surface area contributed by atoms with Crippen LogP contribution in [-0.2, 0) is 6.54 Å². The van der Waals surface area contributed by atoms with Gasteiger partial charge < -0.3 is 8.94 Å². The minimum atomic E-state index is -0.551. The highest BCUT2D eigenvalue weighted by molar-refractivity contribution is 6.07. The van der Waals surface area contributed by atoms with Gasteiger partial charge in [0.1, 0.15) is 5.76 Å². The molecule has 3 aromatic heterocycles. The number of hydrogen-bond acceptors (Lipinski definition) is 7. The molecule has 4 rings (SSSR count). The number of nitrogens with zero attached hydrogens (tertiary/aromatic N) is 3. The van der Waals surface area contributed by atoms with Gasteiger partial charge in [0.2, 0.25) is 0 Å². The molecule has 0 unspecified atom stereocenters. The first-order valence-corrected chi connectivity index (χ1v) is 10.7. The highest BCUT2D eigenvalue weighted by Crippen LogP contribution is 2.26. The van der Waals surface area contributed by atoms with Gasteiger partial charge in [-0.25, -0.2) is 4.98 Å². The van der Waals surface area contributed by atoms with Gasteiger partial charge in [-0.2, -0.15) is 0 Å². The minimum Gasteiger partial charge on any atom is -0.454 e. The molecule has 9 nitrogen and oxygen atoms in total. The average molecular weight is 447 g/mol. The maximum Gasteiger partial charge on any atom is 0.305 e. The summed E-state index contributed by atoms with van der Waals surface area (Å²) in [7, 11) is 0. The second-order valence-electron chi connectivity index (χ2n) is 7.50. The predicted octanol–water partition coefficient (Wildman–Crippen LogP) is 3.71. The summed E-state index contributed by atoms with van der Waals surface area (Å²) >= 11 is 0. The van der Waals surface area contributed by atoms with Crippen molar-refractivity contribution < 1.29 is 18.5 Å². The molecule has 0 radical (unpaired) electrons. The van der Waals surface area contributed by atoms with Gasteiger partial charge in [-0.1, -0.05) is 49.3 Å². The normalized spacial score (nSPS) is 11.2. The fraction of sp³-hybridized carbons (Fsp3) is 0.250. The number of hydrogen-bond donors (Lipinski definition) is 2. The molecule has 1 aromatic carbocycles. The summed E-state index contributed by atoms with van der Waals surface area (Å²) in [6, 6.07) is 14.4. The maximum absolute atomic E-state index is 13.0. The molecule has 0 fully saturated rings. The van der Waals surface area contributed by atoms with Crippen molar-refractivity contribution in [2.24, 2.45) is 0 Å². The Morgan fingerprint density at radius 2 is 1.73 bits per heavy atom. The fourth-order valence-corrected chi connectivity index (χ4v) is 3.53. The summed E-state index contributed by atoms with van der Waals surface area (Å²) < 4.78 is 10.9. The molecule has 170 valence electrons. The van der Waals surface area contributed by atoms with E-state index in [1.54, 1.807) is 25.1 Å². The molecule has 0 bridgehead atoms. The van der Waals surface area contributed by atoms with Crippen molar-refractivity contribution in [2.45, 2.75) is 27.3 Å². The largest absolute Gasteiger partial charge is 0.454 e. The molecule has 0 atom stereocenters. The van der Waals surface area contributed by atoms with E-state index in [0.29, 0.717) is 34.6 Å². The zero-order valence-electron chi connectivity index (χ0n) is 18.7. The zero-order chi connectivity index (χ0) is 23.4. The van der Waals surface area contributed by atoms with E-state index in [9.17, 15) is 9.59 Å². The number of pyridine rings is 1. The Balaban J connectivity index is 1.52. The SMILES string of the molecule is CCN(CC)Cc1ccc(C(=O)NNC(=O)c2cc(-c3ccccc3)nc3onc(C)c23)o1. The summed E-state index contributed by atoms with van der Waals surface area (Å²) in [6.07, 6.45) is 0. The molecule has 0 aliphatic rings. The van der Waals surface area contributed by atoms with Gasteiger partial charge in [-0.05, 0) is 38.2 Å². The molecule has 3 heterocycles. The molecule has 0 spiro atoms. The third-order valence-electron chi connectivity index (χ3n) is 5.38. The van der Waals surface area contributed by atoms with Crippen molar-refractivity contribution in [3.05, 3.63) is 71.3 Å². The summed E-state index contributed by atoms with van der Waals surface area (Å²) in [5.41, 5.74) is 7.31. The quantitative estimate of drug-likeness (QED) is 0.415. The lowest BCUT2D eigenvalue weighted by Gasteiger charge is -2.15. The Morgan fingerprint density at radius 1 is 1.00 bits per heavy atom. The van der Waals surface area contributed by atoms with Gasteiger partial charge >= 0.3 is 5.91 Å². The van der Waals surface area contributed by atoms with E-state index in [1.165, 1.54) is 0 Å². The Labute approximate surface area is 190 Å². The number of rotatable bonds is 7. The number of amides is 2. The van der Waals surface area contributed by atoms with Gasteiger partial charge in [-0.3, -0.25) is 25.3 Å². The molecule has 2 amide bonds. The highest BCUT2D eigenvalue weighted by atomic mass is 16.5. The standard InChI is InChI=1S/C24H25N5O4/c1-4-29(5-2)14-17-11-12-20(32-17)23(31)27-26-22(30)18-13-19(16-9-7-6-8-10-16)25-24-21(18)15(3)28-33-24/h6-13H,4-5,14H2,1-3H3,(H,26,30)(H,27,31). The van der Waals surface area contributed by atoms with E-state index < -0.39 is 11.8 Å². The van der Waals surface area contributed by atoms with E-state index in [0.717, 1.165) is 18.7 Å². The summed E-state index contributed by atoms with van der Waals surface area (Å²) in [6.45, 7) is 8.21. The second-order valence-corrected chi connectivity index (χ2v) is 7.50. The van der Waals surface area contributed by atoms with Crippen LogP contribution in [0.1, 0.15) is 46.2 Å². The first kappa shape index (κ1) is 22.2. The molecule has 9 heteroatoms. The number of nitrogens with one attached hydrogen (secondary N) is 2. The van der Waals surface area contributed by atoms with Crippen molar-refractivity contribution in [1.82, 2.24) is 25.9 Å². The second kappa shape index (κ2) is 9.66. The molecular formula is C24H25N5O4. The topological polar surface area (TPSA) is 114 Å². The van der Waals surface area contributed by atoms with Crippen LogP contribution in [-0.4, -0.2) is 39.9 Å². The first-order chi connectivity index (χ1) is 16.0.